The summed E-state index contributed by atoms with van der Waals surface area (Å²) in [5.41, 5.74) is 7.81. The zero-order valence-electron chi connectivity index (χ0n) is 21.7. The second-order valence-corrected chi connectivity index (χ2v) is 10.6. The number of nitrogens with zero attached hydrogens (tertiary/aromatic N) is 1. The van der Waals surface area contributed by atoms with Gasteiger partial charge in [-0.2, -0.15) is 0 Å². The number of hydrogen-bond acceptors (Lipinski definition) is 3. The van der Waals surface area contributed by atoms with E-state index in [1.54, 1.807) is 6.07 Å². The Kier molecular flexibility index (Phi) is 8.15. The highest BCUT2D eigenvalue weighted by atomic mass is 35.5. The number of aromatic carboxylic acids is 1. The van der Waals surface area contributed by atoms with E-state index in [0.717, 1.165) is 90.0 Å². The lowest BCUT2D eigenvalue weighted by atomic mass is 9.85. The number of alkyl halides is 1. The third kappa shape index (κ3) is 5.64. The van der Waals surface area contributed by atoms with Gasteiger partial charge in [0.25, 0.3) is 0 Å². The van der Waals surface area contributed by atoms with Gasteiger partial charge >= 0.3 is 5.97 Å². The number of rotatable bonds is 8. The molecule has 2 aliphatic rings. The molecule has 0 saturated carbocycles. The number of benzene rings is 3. The van der Waals surface area contributed by atoms with Gasteiger partial charge in [0.05, 0.1) is 12.2 Å². The summed E-state index contributed by atoms with van der Waals surface area (Å²) < 4.78 is 19.1. The van der Waals surface area contributed by atoms with Gasteiger partial charge in [0.15, 0.2) is 0 Å². The number of carbonyl (C=O) groups is 1. The maximum atomic E-state index is 12.6. The van der Waals surface area contributed by atoms with Crippen LogP contribution in [-0.4, -0.2) is 48.4 Å². The number of likely N-dealkylation sites (tertiary alicyclic amines) is 1. The third-order valence-electron chi connectivity index (χ3n) is 7.61. The molecular formula is C32H33ClFNO3. The van der Waals surface area contributed by atoms with E-state index in [0.29, 0.717) is 17.0 Å². The highest BCUT2D eigenvalue weighted by molar-refractivity contribution is 6.32. The highest BCUT2D eigenvalue weighted by Gasteiger charge is 2.26. The minimum atomic E-state index is -0.919. The number of carboxylic acids is 1. The van der Waals surface area contributed by atoms with Crippen LogP contribution in [0.15, 0.2) is 60.7 Å². The summed E-state index contributed by atoms with van der Waals surface area (Å²) in [4.78, 5) is 14.0. The Morgan fingerprint density at radius 2 is 1.92 bits per heavy atom. The molecule has 0 amide bonds. The molecule has 6 heteroatoms. The second-order valence-electron chi connectivity index (χ2n) is 10.2. The van der Waals surface area contributed by atoms with Crippen LogP contribution in [0.5, 0.6) is 5.75 Å². The van der Waals surface area contributed by atoms with Gasteiger partial charge in [-0.1, -0.05) is 41.9 Å². The van der Waals surface area contributed by atoms with Gasteiger partial charge in [-0.05, 0) is 108 Å². The molecule has 1 N–H and O–H groups in total. The molecule has 0 spiro atoms. The van der Waals surface area contributed by atoms with E-state index in [-0.39, 0.29) is 12.8 Å². The molecule has 0 aromatic heterocycles. The molecule has 4 nitrogen and oxygen atoms in total. The van der Waals surface area contributed by atoms with Gasteiger partial charge in [-0.3, -0.25) is 9.29 Å². The van der Waals surface area contributed by atoms with Crippen molar-refractivity contribution >= 4 is 28.7 Å². The number of fused-ring (bicyclic) bond motifs is 1. The standard InChI is InChI=1S/C32H33ClFNO3/c1-21-10-12-24(38-25-14-17-35(20-25)16-5-15-34)19-29(21)31-26-13-11-23(32(36)37)18-22(26)6-4-8-28(31)27-7-2-3-9-30(27)33/h2-3,7,9-13,18-19,25H,4-6,8,14-17,20H2,1H3,(H,36,37)/t25-/m1/s1. The van der Waals surface area contributed by atoms with E-state index < -0.39 is 5.97 Å². The van der Waals surface area contributed by atoms with Crippen molar-refractivity contribution in [3.05, 3.63) is 99.1 Å². The van der Waals surface area contributed by atoms with Crippen molar-refractivity contribution < 1.29 is 19.0 Å². The van der Waals surface area contributed by atoms with Crippen LogP contribution in [0.1, 0.15) is 63.9 Å². The molecule has 198 valence electrons. The number of hydrogen-bond donors (Lipinski definition) is 1. The first-order valence-corrected chi connectivity index (χ1v) is 13.7. The van der Waals surface area contributed by atoms with Crippen molar-refractivity contribution in [2.75, 3.05) is 26.3 Å². The minimum Gasteiger partial charge on any atom is -0.489 e. The van der Waals surface area contributed by atoms with Crippen LogP contribution in [-0.2, 0) is 6.42 Å². The van der Waals surface area contributed by atoms with Crippen LogP contribution < -0.4 is 4.74 Å². The number of carboxylic acid groups (broad SMARTS) is 1. The fourth-order valence-electron chi connectivity index (χ4n) is 5.72. The molecule has 0 radical (unpaired) electrons. The highest BCUT2D eigenvalue weighted by Crippen LogP contribution is 2.43. The summed E-state index contributed by atoms with van der Waals surface area (Å²) in [6.45, 7) is 4.29. The van der Waals surface area contributed by atoms with Crippen molar-refractivity contribution in [3.63, 3.8) is 0 Å². The Morgan fingerprint density at radius 3 is 2.71 bits per heavy atom. The van der Waals surface area contributed by atoms with E-state index in [1.807, 2.05) is 36.4 Å². The number of aryl methyl sites for hydroxylation is 2. The summed E-state index contributed by atoms with van der Waals surface area (Å²) in [6.07, 6.45) is 4.06. The Bertz CT molecular complexity index is 1370. The smallest absolute Gasteiger partial charge is 0.335 e. The second kappa shape index (κ2) is 11.7. The van der Waals surface area contributed by atoms with Crippen LogP contribution in [0.2, 0.25) is 5.02 Å². The van der Waals surface area contributed by atoms with E-state index in [9.17, 15) is 14.3 Å². The molecule has 5 rings (SSSR count). The lowest BCUT2D eigenvalue weighted by molar-refractivity contribution is 0.0696. The summed E-state index contributed by atoms with van der Waals surface area (Å²) in [6, 6.07) is 19.6. The summed E-state index contributed by atoms with van der Waals surface area (Å²) in [5, 5.41) is 10.3. The Hall–Kier alpha value is -3.15. The number of halogens is 2. The van der Waals surface area contributed by atoms with Crippen LogP contribution in [0.25, 0.3) is 11.1 Å². The molecule has 1 fully saturated rings. The quantitative estimate of drug-likeness (QED) is 0.326. The molecule has 3 aromatic carbocycles. The lowest BCUT2D eigenvalue weighted by Gasteiger charge is -2.21. The molecule has 1 aliphatic heterocycles. The van der Waals surface area contributed by atoms with Crippen LogP contribution >= 0.6 is 11.6 Å². The van der Waals surface area contributed by atoms with Crippen molar-refractivity contribution in [2.45, 2.75) is 45.1 Å². The zero-order chi connectivity index (χ0) is 26.6. The Labute approximate surface area is 228 Å². The van der Waals surface area contributed by atoms with Crippen molar-refractivity contribution in [2.24, 2.45) is 0 Å². The molecular weight excluding hydrogens is 501 g/mol. The molecule has 1 aliphatic carbocycles. The van der Waals surface area contributed by atoms with Gasteiger partial charge < -0.3 is 9.84 Å². The van der Waals surface area contributed by atoms with Gasteiger partial charge in [0, 0.05) is 24.7 Å². The lowest BCUT2D eigenvalue weighted by Crippen LogP contribution is -2.26. The van der Waals surface area contributed by atoms with Gasteiger partial charge in [0.2, 0.25) is 0 Å². The van der Waals surface area contributed by atoms with Crippen LogP contribution in [0.4, 0.5) is 4.39 Å². The van der Waals surface area contributed by atoms with Crippen LogP contribution in [0.3, 0.4) is 0 Å². The molecule has 1 saturated heterocycles. The zero-order valence-corrected chi connectivity index (χ0v) is 22.4. The Morgan fingerprint density at radius 1 is 1.08 bits per heavy atom. The van der Waals surface area contributed by atoms with Crippen molar-refractivity contribution in [1.82, 2.24) is 4.90 Å². The number of allylic oxidation sites excluding steroid dienone is 1. The normalized spacial score (nSPS) is 17.8. The van der Waals surface area contributed by atoms with E-state index >= 15 is 0 Å². The SMILES string of the molecule is Cc1ccc(O[C@@H]2CCN(CCCF)C2)cc1C1=C(c2ccccc2Cl)CCCc2cc(C(=O)O)ccc21. The molecule has 38 heavy (non-hydrogen) atoms. The monoisotopic (exact) mass is 533 g/mol. The minimum absolute atomic E-state index is 0.0710. The molecule has 1 atom stereocenters. The van der Waals surface area contributed by atoms with Gasteiger partial charge in [0.1, 0.15) is 11.9 Å². The fourth-order valence-corrected chi connectivity index (χ4v) is 5.97. The first-order valence-electron chi connectivity index (χ1n) is 13.3. The molecule has 0 unspecified atom stereocenters. The summed E-state index contributed by atoms with van der Waals surface area (Å²) in [5.74, 6) is -0.112. The molecule has 3 aromatic rings. The maximum absolute atomic E-state index is 12.6. The van der Waals surface area contributed by atoms with E-state index in [4.69, 9.17) is 16.3 Å². The maximum Gasteiger partial charge on any atom is 0.335 e. The summed E-state index contributed by atoms with van der Waals surface area (Å²) >= 11 is 6.73. The molecule has 0 bridgehead atoms. The predicted molar refractivity (Wildman–Crippen MR) is 151 cm³/mol. The average molecular weight is 534 g/mol. The first-order chi connectivity index (χ1) is 18.4. The van der Waals surface area contributed by atoms with Gasteiger partial charge in [-0.25, -0.2) is 4.79 Å². The fraction of sp³-hybridized carbons (Fsp3) is 0.344. The number of ether oxygens (including phenoxy) is 1. The Balaban J connectivity index is 1.59. The third-order valence-corrected chi connectivity index (χ3v) is 7.94. The topological polar surface area (TPSA) is 49.8 Å². The average Bonchev–Trinajstić information content (AvgIpc) is 3.27. The summed E-state index contributed by atoms with van der Waals surface area (Å²) in [7, 11) is 0. The molecule has 1 heterocycles. The van der Waals surface area contributed by atoms with E-state index in [1.165, 1.54) is 0 Å². The first kappa shape index (κ1) is 26.5. The van der Waals surface area contributed by atoms with Gasteiger partial charge in [-0.15, -0.1) is 0 Å². The predicted octanol–water partition coefficient (Wildman–Crippen LogP) is 7.45. The van der Waals surface area contributed by atoms with E-state index in [2.05, 4.69) is 30.0 Å². The largest absolute Gasteiger partial charge is 0.489 e. The van der Waals surface area contributed by atoms with Crippen molar-refractivity contribution in [3.8, 4) is 5.75 Å². The van der Waals surface area contributed by atoms with Crippen molar-refractivity contribution in [1.29, 1.82) is 0 Å². The van der Waals surface area contributed by atoms with Crippen LogP contribution in [0, 0.1) is 6.92 Å².